The molecular formula is C22H22ClNO3S. The van der Waals surface area contributed by atoms with Gasteiger partial charge in [-0.1, -0.05) is 36.7 Å². The molecule has 0 fully saturated rings. The van der Waals surface area contributed by atoms with Crippen LogP contribution < -0.4 is 4.74 Å². The normalized spacial score (nSPS) is 14.2. The molecule has 2 aromatic rings. The van der Waals surface area contributed by atoms with Crippen molar-refractivity contribution in [1.29, 1.82) is 0 Å². The van der Waals surface area contributed by atoms with Crippen molar-refractivity contribution in [2.45, 2.75) is 20.8 Å². The molecule has 1 aliphatic heterocycles. The third-order valence-electron chi connectivity index (χ3n) is 4.33. The van der Waals surface area contributed by atoms with E-state index in [2.05, 4.69) is 6.07 Å². The molecule has 146 valence electrons. The van der Waals surface area contributed by atoms with Crippen LogP contribution in [-0.4, -0.2) is 35.6 Å². The molecule has 0 aromatic heterocycles. The number of hydrogen-bond acceptors (Lipinski definition) is 4. The minimum Gasteiger partial charge on any atom is -0.492 e. The number of amides is 2. The fourth-order valence-corrected chi connectivity index (χ4v) is 4.18. The number of aryl methyl sites for hydroxylation is 2. The molecule has 2 aromatic carbocycles. The SMILES string of the molecule is CCSC1=C(c2ccc(Cl)cc2)C(=O)N(CCOc2cc(C)cc(C)c2)C1=O. The highest BCUT2D eigenvalue weighted by atomic mass is 35.5. The van der Waals surface area contributed by atoms with Crippen LogP contribution in [0.15, 0.2) is 47.4 Å². The lowest BCUT2D eigenvalue weighted by Crippen LogP contribution is -2.35. The third kappa shape index (κ3) is 4.42. The summed E-state index contributed by atoms with van der Waals surface area (Å²) in [5.41, 5.74) is 3.37. The highest BCUT2D eigenvalue weighted by Crippen LogP contribution is 2.36. The van der Waals surface area contributed by atoms with E-state index < -0.39 is 0 Å². The van der Waals surface area contributed by atoms with Gasteiger partial charge in [0, 0.05) is 5.02 Å². The maximum Gasteiger partial charge on any atom is 0.268 e. The van der Waals surface area contributed by atoms with Crippen molar-refractivity contribution < 1.29 is 14.3 Å². The molecule has 1 heterocycles. The van der Waals surface area contributed by atoms with Gasteiger partial charge in [0.25, 0.3) is 11.8 Å². The summed E-state index contributed by atoms with van der Waals surface area (Å²) < 4.78 is 5.79. The van der Waals surface area contributed by atoms with Gasteiger partial charge in [-0.05, 0) is 60.6 Å². The minimum atomic E-state index is -0.285. The molecule has 4 nitrogen and oxygen atoms in total. The predicted molar refractivity (Wildman–Crippen MR) is 115 cm³/mol. The van der Waals surface area contributed by atoms with Crippen molar-refractivity contribution >= 4 is 40.8 Å². The molecule has 2 amide bonds. The number of ether oxygens (including phenoxy) is 1. The molecule has 0 bridgehead atoms. The maximum absolute atomic E-state index is 13.0. The average Bonchev–Trinajstić information content (AvgIpc) is 2.86. The first-order valence-corrected chi connectivity index (χ1v) is 10.5. The molecule has 28 heavy (non-hydrogen) atoms. The largest absolute Gasteiger partial charge is 0.492 e. The molecule has 0 saturated carbocycles. The lowest BCUT2D eigenvalue weighted by Gasteiger charge is -2.16. The van der Waals surface area contributed by atoms with E-state index in [0.717, 1.165) is 16.9 Å². The summed E-state index contributed by atoms with van der Waals surface area (Å²) in [6, 6.07) is 12.9. The zero-order chi connectivity index (χ0) is 20.3. The van der Waals surface area contributed by atoms with E-state index in [4.69, 9.17) is 16.3 Å². The Bertz CT molecular complexity index is 917. The van der Waals surface area contributed by atoms with Crippen molar-refractivity contribution in [3.8, 4) is 5.75 Å². The Morgan fingerprint density at radius 1 is 1.00 bits per heavy atom. The molecule has 0 unspecified atom stereocenters. The molecule has 0 aliphatic carbocycles. The molecule has 0 atom stereocenters. The first kappa shape index (κ1) is 20.5. The van der Waals surface area contributed by atoms with Gasteiger partial charge in [0.1, 0.15) is 12.4 Å². The maximum atomic E-state index is 13.0. The number of nitrogens with zero attached hydrogens (tertiary/aromatic N) is 1. The van der Waals surface area contributed by atoms with E-state index in [1.54, 1.807) is 24.3 Å². The Hall–Kier alpha value is -2.24. The molecule has 0 radical (unpaired) electrons. The fourth-order valence-electron chi connectivity index (χ4n) is 3.18. The van der Waals surface area contributed by atoms with Crippen molar-refractivity contribution in [2.24, 2.45) is 0 Å². The van der Waals surface area contributed by atoms with Crippen LogP contribution in [0.2, 0.25) is 5.02 Å². The highest BCUT2D eigenvalue weighted by molar-refractivity contribution is 8.04. The molecule has 6 heteroatoms. The molecular weight excluding hydrogens is 394 g/mol. The van der Waals surface area contributed by atoms with E-state index in [1.165, 1.54) is 16.7 Å². The summed E-state index contributed by atoms with van der Waals surface area (Å²) in [5, 5.41) is 0.588. The van der Waals surface area contributed by atoms with Crippen LogP contribution in [0.1, 0.15) is 23.6 Å². The highest BCUT2D eigenvalue weighted by Gasteiger charge is 2.38. The third-order valence-corrected chi connectivity index (χ3v) is 5.53. The van der Waals surface area contributed by atoms with Gasteiger partial charge in [0.2, 0.25) is 0 Å². The fraction of sp³-hybridized carbons (Fsp3) is 0.273. The Labute approximate surface area is 174 Å². The van der Waals surface area contributed by atoms with Crippen molar-refractivity contribution in [3.63, 3.8) is 0 Å². The second-order valence-corrected chi connectivity index (χ2v) is 8.29. The van der Waals surface area contributed by atoms with Gasteiger partial charge in [-0.2, -0.15) is 0 Å². The Balaban J connectivity index is 1.75. The van der Waals surface area contributed by atoms with Gasteiger partial charge in [0.15, 0.2) is 0 Å². The second kappa shape index (κ2) is 8.84. The van der Waals surface area contributed by atoms with Gasteiger partial charge < -0.3 is 4.74 Å². The van der Waals surface area contributed by atoms with E-state index in [-0.39, 0.29) is 25.0 Å². The number of hydrogen-bond donors (Lipinski definition) is 0. The van der Waals surface area contributed by atoms with Crippen molar-refractivity contribution in [3.05, 3.63) is 69.1 Å². The van der Waals surface area contributed by atoms with Crippen LogP contribution in [0.3, 0.4) is 0 Å². The van der Waals surface area contributed by atoms with Crippen LogP contribution in [0.25, 0.3) is 5.57 Å². The summed E-state index contributed by atoms with van der Waals surface area (Å²) in [5.74, 6) is 0.905. The first-order valence-electron chi connectivity index (χ1n) is 9.11. The first-order chi connectivity index (χ1) is 13.4. The summed E-state index contributed by atoms with van der Waals surface area (Å²) in [7, 11) is 0. The number of carbonyl (C=O) groups excluding carboxylic acids is 2. The van der Waals surface area contributed by atoms with E-state index >= 15 is 0 Å². The standard InChI is InChI=1S/C22H22ClNO3S/c1-4-28-20-19(16-5-7-17(23)8-6-16)21(25)24(22(20)26)9-10-27-18-12-14(2)11-15(3)13-18/h5-8,11-13H,4,9-10H2,1-3H3. The zero-order valence-electron chi connectivity index (χ0n) is 16.1. The smallest absolute Gasteiger partial charge is 0.268 e. The Morgan fingerprint density at radius 3 is 2.25 bits per heavy atom. The molecule has 0 saturated heterocycles. The molecule has 1 aliphatic rings. The van der Waals surface area contributed by atoms with E-state index in [9.17, 15) is 9.59 Å². The minimum absolute atomic E-state index is 0.204. The monoisotopic (exact) mass is 415 g/mol. The Kier molecular flexibility index (Phi) is 6.47. The number of thioether (sulfide) groups is 1. The van der Waals surface area contributed by atoms with Crippen LogP contribution >= 0.6 is 23.4 Å². The average molecular weight is 416 g/mol. The van der Waals surface area contributed by atoms with Crippen LogP contribution in [0.5, 0.6) is 5.75 Å². The molecule has 0 N–H and O–H groups in total. The number of rotatable bonds is 7. The van der Waals surface area contributed by atoms with E-state index in [0.29, 0.717) is 26.8 Å². The van der Waals surface area contributed by atoms with Gasteiger partial charge in [-0.15, -0.1) is 11.8 Å². The number of imide groups is 1. The summed E-state index contributed by atoms with van der Waals surface area (Å²) in [4.78, 5) is 27.6. The van der Waals surface area contributed by atoms with Gasteiger partial charge in [0.05, 0.1) is 17.0 Å². The number of carbonyl (C=O) groups is 2. The lowest BCUT2D eigenvalue weighted by molar-refractivity contribution is -0.136. The van der Waals surface area contributed by atoms with Gasteiger partial charge >= 0.3 is 0 Å². The second-order valence-electron chi connectivity index (χ2n) is 6.58. The number of halogens is 1. The molecule has 0 spiro atoms. The van der Waals surface area contributed by atoms with Gasteiger partial charge in [-0.3, -0.25) is 14.5 Å². The van der Waals surface area contributed by atoms with Crippen LogP contribution in [0.4, 0.5) is 0 Å². The quantitative estimate of drug-likeness (QED) is 0.605. The van der Waals surface area contributed by atoms with Crippen molar-refractivity contribution in [2.75, 3.05) is 18.9 Å². The summed E-state index contributed by atoms with van der Waals surface area (Å²) in [6.07, 6.45) is 0. The summed E-state index contributed by atoms with van der Waals surface area (Å²) >= 11 is 7.35. The van der Waals surface area contributed by atoms with E-state index in [1.807, 2.05) is 32.9 Å². The molecule has 3 rings (SSSR count). The zero-order valence-corrected chi connectivity index (χ0v) is 17.7. The summed E-state index contributed by atoms with van der Waals surface area (Å²) in [6.45, 7) is 6.42. The Morgan fingerprint density at radius 2 is 1.64 bits per heavy atom. The topological polar surface area (TPSA) is 46.6 Å². The lowest BCUT2D eigenvalue weighted by atomic mass is 10.1. The van der Waals surface area contributed by atoms with Crippen molar-refractivity contribution in [1.82, 2.24) is 4.90 Å². The predicted octanol–water partition coefficient (Wildman–Crippen LogP) is 4.87. The number of benzene rings is 2. The van der Waals surface area contributed by atoms with Crippen LogP contribution in [0, 0.1) is 13.8 Å². The van der Waals surface area contributed by atoms with Crippen LogP contribution in [-0.2, 0) is 9.59 Å². The van der Waals surface area contributed by atoms with Gasteiger partial charge in [-0.25, -0.2) is 0 Å².